The lowest BCUT2D eigenvalue weighted by molar-refractivity contribution is -0.137. The number of ketones is 2. The van der Waals surface area contributed by atoms with E-state index in [1.807, 2.05) is 54.6 Å². The summed E-state index contributed by atoms with van der Waals surface area (Å²) in [6, 6.07) is 26.5. The molecule has 0 amide bonds. The van der Waals surface area contributed by atoms with E-state index in [0.717, 1.165) is 22.9 Å². The number of rotatable bonds is 3. The number of hydrogen-bond donors (Lipinski definition) is 0. The molecule has 0 saturated heterocycles. The lowest BCUT2D eigenvalue weighted by Gasteiger charge is -2.07. The van der Waals surface area contributed by atoms with Crippen molar-refractivity contribution in [1.29, 1.82) is 0 Å². The second kappa shape index (κ2) is 8.64. The van der Waals surface area contributed by atoms with Gasteiger partial charge in [0.1, 0.15) is 0 Å². The second-order valence-corrected chi connectivity index (χ2v) is 9.48. The summed E-state index contributed by atoms with van der Waals surface area (Å²) in [7, 11) is 0. The number of allylic oxidation sites excluding steroid dienone is 1. The molecule has 194 valence electrons. The number of carbonyl (C=O) groups excluding carboxylic acids is 2. The van der Waals surface area contributed by atoms with Crippen LogP contribution in [0.3, 0.4) is 0 Å². The molecular formula is C32H17F3N2O3. The minimum absolute atomic E-state index is 0.0330. The molecule has 6 aromatic rings. The van der Waals surface area contributed by atoms with Crippen LogP contribution in [0.1, 0.15) is 32.0 Å². The van der Waals surface area contributed by atoms with Gasteiger partial charge >= 0.3 is 6.18 Å². The fourth-order valence-electron chi connectivity index (χ4n) is 5.07. The summed E-state index contributed by atoms with van der Waals surface area (Å²) in [5, 5.41) is 1.74. The number of halogens is 3. The van der Waals surface area contributed by atoms with Crippen molar-refractivity contribution in [3.05, 3.63) is 125 Å². The first-order valence-electron chi connectivity index (χ1n) is 12.4. The molecule has 2 heterocycles. The summed E-state index contributed by atoms with van der Waals surface area (Å²) in [5.41, 5.74) is 2.32. The largest absolute Gasteiger partial charge is 0.434 e. The molecule has 0 bridgehead atoms. The van der Waals surface area contributed by atoms with Crippen LogP contribution in [0.4, 0.5) is 13.2 Å². The highest BCUT2D eigenvalue weighted by molar-refractivity contribution is 6.42. The van der Waals surface area contributed by atoms with Gasteiger partial charge in [-0.1, -0.05) is 42.5 Å². The third kappa shape index (κ3) is 3.76. The van der Waals surface area contributed by atoms with Crippen LogP contribution in [-0.2, 0) is 6.18 Å². The monoisotopic (exact) mass is 534 g/mol. The summed E-state index contributed by atoms with van der Waals surface area (Å²) in [6.45, 7) is 0. The highest BCUT2D eigenvalue weighted by atomic mass is 19.4. The summed E-state index contributed by atoms with van der Waals surface area (Å²) >= 11 is 0. The third-order valence-electron chi connectivity index (χ3n) is 7.01. The van der Waals surface area contributed by atoms with E-state index >= 15 is 0 Å². The van der Waals surface area contributed by atoms with E-state index in [1.165, 1.54) is 18.2 Å². The Morgan fingerprint density at radius 2 is 1.35 bits per heavy atom. The SMILES string of the molecule is O=C1C(=Cc2cc3oc(-c4ccc(C(F)(F)F)cc4)nc3n2-c2ccccc2)C(=O)c2cc3ccccc3cc21. The number of aromatic nitrogens is 2. The molecule has 0 atom stereocenters. The zero-order valence-electron chi connectivity index (χ0n) is 20.6. The molecule has 2 aromatic heterocycles. The number of Topliss-reactive ketones (excluding diaryl/α,β-unsaturated/α-hetero) is 2. The first-order chi connectivity index (χ1) is 19.3. The fraction of sp³-hybridized carbons (Fsp3) is 0.0312. The average Bonchev–Trinajstić information content (AvgIpc) is 3.58. The number of carbonyl (C=O) groups is 2. The Bertz CT molecular complexity index is 1960. The van der Waals surface area contributed by atoms with E-state index in [1.54, 1.807) is 22.8 Å². The van der Waals surface area contributed by atoms with Crippen LogP contribution in [-0.4, -0.2) is 21.1 Å². The Kier molecular flexibility index (Phi) is 5.15. The molecule has 40 heavy (non-hydrogen) atoms. The average molecular weight is 534 g/mol. The molecule has 0 fully saturated rings. The molecule has 8 heteroatoms. The minimum atomic E-state index is -4.45. The Morgan fingerprint density at radius 1 is 0.750 bits per heavy atom. The molecule has 0 aliphatic heterocycles. The van der Waals surface area contributed by atoms with Gasteiger partial charge in [-0.15, -0.1) is 0 Å². The van der Waals surface area contributed by atoms with Crippen LogP contribution in [0.5, 0.6) is 0 Å². The van der Waals surface area contributed by atoms with Gasteiger partial charge in [-0.3, -0.25) is 14.2 Å². The van der Waals surface area contributed by atoms with Crippen molar-refractivity contribution in [2.45, 2.75) is 6.18 Å². The van der Waals surface area contributed by atoms with Gasteiger partial charge in [0.25, 0.3) is 0 Å². The number of fused-ring (bicyclic) bond motifs is 3. The van der Waals surface area contributed by atoms with Crippen molar-refractivity contribution in [2.75, 3.05) is 0 Å². The predicted molar refractivity (Wildman–Crippen MR) is 144 cm³/mol. The molecule has 7 rings (SSSR count). The van der Waals surface area contributed by atoms with E-state index in [9.17, 15) is 22.8 Å². The lowest BCUT2D eigenvalue weighted by Crippen LogP contribution is -2.04. The Hall–Kier alpha value is -5.24. The van der Waals surface area contributed by atoms with Gasteiger partial charge in [-0.25, -0.2) is 0 Å². The smallest absolute Gasteiger partial charge is 0.416 e. The van der Waals surface area contributed by atoms with Crippen LogP contribution in [0, 0.1) is 0 Å². The van der Waals surface area contributed by atoms with Crippen LogP contribution in [0.15, 0.2) is 107 Å². The molecule has 5 nitrogen and oxygen atoms in total. The van der Waals surface area contributed by atoms with Gasteiger partial charge in [0.15, 0.2) is 22.8 Å². The third-order valence-corrected chi connectivity index (χ3v) is 7.01. The molecule has 0 radical (unpaired) electrons. The summed E-state index contributed by atoms with van der Waals surface area (Å²) in [6.07, 6.45) is -2.91. The van der Waals surface area contributed by atoms with E-state index < -0.39 is 11.7 Å². The van der Waals surface area contributed by atoms with Crippen LogP contribution in [0.2, 0.25) is 0 Å². The van der Waals surface area contributed by atoms with Gasteiger partial charge in [0.2, 0.25) is 5.89 Å². The topological polar surface area (TPSA) is 65.1 Å². The Morgan fingerprint density at radius 3 is 1.95 bits per heavy atom. The molecule has 1 aliphatic rings. The van der Waals surface area contributed by atoms with E-state index in [-0.39, 0.29) is 23.0 Å². The molecule has 0 spiro atoms. The Balaban J connectivity index is 1.35. The van der Waals surface area contributed by atoms with Gasteiger partial charge in [0.05, 0.1) is 16.8 Å². The minimum Gasteiger partial charge on any atom is -0.434 e. The second-order valence-electron chi connectivity index (χ2n) is 9.48. The highest BCUT2D eigenvalue weighted by Gasteiger charge is 2.34. The molecule has 1 aliphatic carbocycles. The number of hydrogen-bond acceptors (Lipinski definition) is 4. The molecule has 4 aromatic carbocycles. The fourth-order valence-corrected chi connectivity index (χ4v) is 5.07. The number of benzene rings is 4. The Labute approximate surface area is 224 Å². The van der Waals surface area contributed by atoms with Gasteiger partial charge < -0.3 is 4.42 Å². The summed E-state index contributed by atoms with van der Waals surface area (Å²) in [4.78, 5) is 31.3. The van der Waals surface area contributed by atoms with Crippen LogP contribution < -0.4 is 0 Å². The maximum absolute atomic E-state index is 13.4. The molecular weight excluding hydrogens is 517 g/mol. The van der Waals surface area contributed by atoms with Crippen molar-refractivity contribution in [3.8, 4) is 17.1 Å². The van der Waals surface area contributed by atoms with Crippen molar-refractivity contribution in [2.24, 2.45) is 0 Å². The maximum atomic E-state index is 13.4. The van der Waals surface area contributed by atoms with Crippen LogP contribution in [0.25, 0.3) is 45.2 Å². The van der Waals surface area contributed by atoms with Crippen molar-refractivity contribution >= 4 is 39.6 Å². The van der Waals surface area contributed by atoms with Crippen molar-refractivity contribution in [3.63, 3.8) is 0 Å². The zero-order valence-corrected chi connectivity index (χ0v) is 20.6. The number of alkyl halides is 3. The maximum Gasteiger partial charge on any atom is 0.416 e. The zero-order chi connectivity index (χ0) is 27.6. The molecule has 0 N–H and O–H groups in total. The predicted octanol–water partition coefficient (Wildman–Crippen LogP) is 7.92. The molecule has 0 saturated carbocycles. The van der Waals surface area contributed by atoms with Crippen LogP contribution >= 0.6 is 0 Å². The van der Waals surface area contributed by atoms with Crippen molar-refractivity contribution in [1.82, 2.24) is 9.55 Å². The highest BCUT2D eigenvalue weighted by Crippen LogP contribution is 2.35. The number of para-hydroxylation sites is 1. The van der Waals surface area contributed by atoms with E-state index in [0.29, 0.717) is 39.3 Å². The lowest BCUT2D eigenvalue weighted by atomic mass is 10.0. The number of nitrogens with zero attached hydrogens (tertiary/aromatic N) is 2. The van der Waals surface area contributed by atoms with Gasteiger partial charge in [-0.2, -0.15) is 18.2 Å². The molecule has 0 unspecified atom stereocenters. The van der Waals surface area contributed by atoms with Gasteiger partial charge in [0, 0.05) is 28.4 Å². The number of oxazole rings is 1. The van der Waals surface area contributed by atoms with E-state index in [2.05, 4.69) is 4.98 Å². The quantitative estimate of drug-likeness (QED) is 0.171. The first kappa shape index (κ1) is 23.8. The standard InChI is InChI=1S/C32H17F3N2O3/c33-32(34,35)21-12-10-18(11-13-21)31-36-30-27(40-31)17-23(37(30)22-8-2-1-3-9-22)16-26-28(38)24-14-19-6-4-5-7-20(19)15-25(24)29(26)39/h1-17H. The first-order valence-corrected chi connectivity index (χ1v) is 12.4. The van der Waals surface area contributed by atoms with Gasteiger partial charge in [-0.05, 0) is 65.4 Å². The summed E-state index contributed by atoms with van der Waals surface area (Å²) < 4.78 is 46.7. The normalized spacial score (nSPS) is 13.4. The van der Waals surface area contributed by atoms with E-state index in [4.69, 9.17) is 4.42 Å². The van der Waals surface area contributed by atoms with Crippen molar-refractivity contribution < 1.29 is 27.2 Å². The summed E-state index contributed by atoms with van der Waals surface area (Å²) in [5.74, 6) is -0.571.